The third-order valence-electron chi connectivity index (χ3n) is 6.21. The third kappa shape index (κ3) is 4.58. The molecule has 0 bridgehead atoms. The van der Waals surface area contributed by atoms with Gasteiger partial charge in [0.1, 0.15) is 11.7 Å². The first-order chi connectivity index (χ1) is 17.3. The topological polar surface area (TPSA) is 92.0 Å². The number of benzene rings is 2. The number of rotatable bonds is 6. The molecule has 0 saturated carbocycles. The Morgan fingerprint density at radius 3 is 2.33 bits per heavy atom. The molecule has 3 aromatic rings. The zero-order valence-electron chi connectivity index (χ0n) is 20.6. The van der Waals surface area contributed by atoms with Gasteiger partial charge in [0.05, 0.1) is 42.8 Å². The van der Waals surface area contributed by atoms with E-state index in [1.165, 1.54) is 14.2 Å². The van der Waals surface area contributed by atoms with E-state index in [1.807, 2.05) is 54.7 Å². The molecule has 0 N–H and O–H groups in total. The summed E-state index contributed by atoms with van der Waals surface area (Å²) in [4.78, 5) is 30.6. The van der Waals surface area contributed by atoms with Crippen LogP contribution in [0.2, 0.25) is 0 Å². The Morgan fingerprint density at radius 1 is 1.00 bits per heavy atom. The number of halogens is 1. The van der Waals surface area contributed by atoms with E-state index < -0.39 is 23.8 Å². The quantitative estimate of drug-likeness (QED) is 0.395. The third-order valence-corrected chi connectivity index (χ3v) is 6.83. The maximum absolute atomic E-state index is 13.1. The van der Waals surface area contributed by atoms with E-state index in [0.717, 1.165) is 15.7 Å². The van der Waals surface area contributed by atoms with Crippen LogP contribution in [0.25, 0.3) is 16.9 Å². The molecule has 0 amide bonds. The van der Waals surface area contributed by atoms with Crippen LogP contribution in [0.3, 0.4) is 0 Å². The van der Waals surface area contributed by atoms with Crippen LogP contribution in [0, 0.1) is 5.92 Å². The molecule has 0 fully saturated rings. The highest BCUT2D eigenvalue weighted by Crippen LogP contribution is 2.44. The van der Waals surface area contributed by atoms with Crippen molar-refractivity contribution in [2.24, 2.45) is 10.9 Å². The fourth-order valence-corrected chi connectivity index (χ4v) is 5.09. The molecular formula is C27H26BrN3O5. The van der Waals surface area contributed by atoms with Gasteiger partial charge in [-0.05, 0) is 60.1 Å². The van der Waals surface area contributed by atoms with Crippen molar-refractivity contribution in [3.63, 3.8) is 0 Å². The Balaban J connectivity index is 2.02. The summed E-state index contributed by atoms with van der Waals surface area (Å²) >= 11 is 3.55. The lowest BCUT2D eigenvalue weighted by atomic mass is 9.75. The molecule has 186 valence electrons. The molecule has 36 heavy (non-hydrogen) atoms. The van der Waals surface area contributed by atoms with Gasteiger partial charge >= 0.3 is 11.9 Å². The van der Waals surface area contributed by atoms with Crippen LogP contribution in [0.4, 0.5) is 0 Å². The molecule has 8 nitrogen and oxygen atoms in total. The van der Waals surface area contributed by atoms with Gasteiger partial charge in [-0.2, -0.15) is 5.10 Å². The SMILES string of the molecule is COC(=O)C1=C(C)N=C(C)C(C(=O)OC)C1c1cn(-c2ccccc2)nc1-c1ccc(OC)c(Br)c1. The van der Waals surface area contributed by atoms with Gasteiger partial charge in [-0.15, -0.1) is 0 Å². The molecule has 1 aromatic heterocycles. The zero-order valence-corrected chi connectivity index (χ0v) is 22.2. The number of hydrogen-bond donors (Lipinski definition) is 0. The molecule has 2 heterocycles. The standard InChI is InChI=1S/C27H26BrN3O5/c1-15-22(26(32)35-4)24(23(16(2)29-15)27(33)36-5)19-14-31(18-9-7-6-8-10-18)30-25(19)17-11-12-21(34-3)20(28)13-17/h6-14,22,24H,1-5H3. The highest BCUT2D eigenvalue weighted by molar-refractivity contribution is 9.10. The first-order valence-corrected chi connectivity index (χ1v) is 12.0. The van der Waals surface area contributed by atoms with E-state index in [0.29, 0.717) is 34.0 Å². The molecular weight excluding hydrogens is 526 g/mol. The van der Waals surface area contributed by atoms with Gasteiger partial charge in [-0.3, -0.25) is 9.79 Å². The minimum atomic E-state index is -0.832. The number of carbonyl (C=O) groups is 2. The number of allylic oxidation sites excluding steroid dienone is 1. The predicted octanol–water partition coefficient (Wildman–Crippen LogP) is 5.10. The van der Waals surface area contributed by atoms with Crippen LogP contribution < -0.4 is 4.74 Å². The van der Waals surface area contributed by atoms with Crippen molar-refractivity contribution in [1.29, 1.82) is 0 Å². The Labute approximate surface area is 217 Å². The average molecular weight is 552 g/mol. The zero-order chi connectivity index (χ0) is 26.0. The molecule has 2 atom stereocenters. The minimum Gasteiger partial charge on any atom is -0.496 e. The second kappa shape index (κ2) is 10.5. The largest absolute Gasteiger partial charge is 0.496 e. The number of esters is 2. The van der Waals surface area contributed by atoms with Crippen molar-refractivity contribution < 1.29 is 23.8 Å². The first-order valence-electron chi connectivity index (χ1n) is 11.2. The van der Waals surface area contributed by atoms with Crippen LogP contribution >= 0.6 is 15.9 Å². The minimum absolute atomic E-state index is 0.292. The van der Waals surface area contributed by atoms with Crippen LogP contribution in [0.15, 0.2) is 75.5 Å². The molecule has 0 spiro atoms. The number of carbonyl (C=O) groups excluding carboxylic acids is 2. The van der Waals surface area contributed by atoms with E-state index in [-0.39, 0.29) is 0 Å². The number of ether oxygens (including phenoxy) is 3. The Bertz CT molecular complexity index is 1380. The molecule has 1 aliphatic heterocycles. The van der Waals surface area contributed by atoms with Gasteiger partial charge in [0.25, 0.3) is 0 Å². The van der Waals surface area contributed by atoms with Crippen molar-refractivity contribution in [2.45, 2.75) is 19.8 Å². The maximum Gasteiger partial charge on any atom is 0.336 e. The number of para-hydroxylation sites is 1. The second-order valence-electron chi connectivity index (χ2n) is 8.28. The van der Waals surface area contributed by atoms with E-state index in [4.69, 9.17) is 19.3 Å². The maximum atomic E-state index is 13.1. The molecule has 0 aliphatic carbocycles. The lowest BCUT2D eigenvalue weighted by Gasteiger charge is -2.30. The molecule has 9 heteroatoms. The van der Waals surface area contributed by atoms with Crippen molar-refractivity contribution in [3.8, 4) is 22.7 Å². The highest BCUT2D eigenvalue weighted by atomic mass is 79.9. The van der Waals surface area contributed by atoms with E-state index >= 15 is 0 Å². The Morgan fingerprint density at radius 2 is 1.72 bits per heavy atom. The lowest BCUT2D eigenvalue weighted by Crippen LogP contribution is -2.36. The Hall–Kier alpha value is -3.72. The number of nitrogens with zero attached hydrogens (tertiary/aromatic N) is 3. The van der Waals surface area contributed by atoms with E-state index in [2.05, 4.69) is 20.9 Å². The Kier molecular flexibility index (Phi) is 7.40. The second-order valence-corrected chi connectivity index (χ2v) is 9.14. The monoisotopic (exact) mass is 551 g/mol. The van der Waals surface area contributed by atoms with Crippen molar-refractivity contribution in [2.75, 3.05) is 21.3 Å². The van der Waals surface area contributed by atoms with Crippen molar-refractivity contribution in [1.82, 2.24) is 9.78 Å². The van der Waals surface area contributed by atoms with Crippen LogP contribution in [0.1, 0.15) is 25.3 Å². The summed E-state index contributed by atoms with van der Waals surface area (Å²) in [7, 11) is 4.23. The normalized spacial score (nSPS) is 17.4. The summed E-state index contributed by atoms with van der Waals surface area (Å²) in [5.74, 6) is -1.94. The van der Waals surface area contributed by atoms with Gasteiger partial charge < -0.3 is 14.2 Å². The van der Waals surface area contributed by atoms with Crippen molar-refractivity contribution in [3.05, 3.63) is 76.0 Å². The van der Waals surface area contributed by atoms with Gasteiger partial charge in [0.15, 0.2) is 0 Å². The van der Waals surface area contributed by atoms with Gasteiger partial charge in [-0.25, -0.2) is 9.48 Å². The number of methoxy groups -OCH3 is 3. The smallest absolute Gasteiger partial charge is 0.336 e. The summed E-state index contributed by atoms with van der Waals surface area (Å²) in [6.45, 7) is 3.50. The highest BCUT2D eigenvalue weighted by Gasteiger charge is 2.44. The van der Waals surface area contributed by atoms with Gasteiger partial charge in [0, 0.05) is 34.7 Å². The summed E-state index contributed by atoms with van der Waals surface area (Å²) in [6.07, 6.45) is 1.85. The van der Waals surface area contributed by atoms with Gasteiger partial charge in [-0.1, -0.05) is 18.2 Å². The number of hydrogen-bond acceptors (Lipinski definition) is 7. The van der Waals surface area contributed by atoms with E-state index in [1.54, 1.807) is 25.6 Å². The van der Waals surface area contributed by atoms with Gasteiger partial charge in [0.2, 0.25) is 0 Å². The molecule has 0 radical (unpaired) electrons. The fraction of sp³-hybridized carbons (Fsp3) is 0.259. The predicted molar refractivity (Wildman–Crippen MR) is 139 cm³/mol. The summed E-state index contributed by atoms with van der Waals surface area (Å²) in [6, 6.07) is 15.2. The van der Waals surface area contributed by atoms with Crippen LogP contribution in [-0.2, 0) is 19.1 Å². The van der Waals surface area contributed by atoms with E-state index in [9.17, 15) is 9.59 Å². The first kappa shape index (κ1) is 25.4. The lowest BCUT2D eigenvalue weighted by molar-refractivity contribution is -0.143. The summed E-state index contributed by atoms with van der Waals surface area (Å²) < 4.78 is 18.2. The fourth-order valence-electron chi connectivity index (χ4n) is 4.55. The van der Waals surface area contributed by atoms with Crippen LogP contribution in [0.5, 0.6) is 5.75 Å². The average Bonchev–Trinajstić information content (AvgIpc) is 3.33. The molecule has 1 aliphatic rings. The summed E-state index contributed by atoms with van der Waals surface area (Å²) in [5.41, 5.74) is 4.20. The number of aromatic nitrogens is 2. The summed E-state index contributed by atoms with van der Waals surface area (Å²) in [5, 5.41) is 4.90. The van der Waals surface area contributed by atoms with Crippen LogP contribution in [-0.4, -0.2) is 48.8 Å². The number of aliphatic imine (C=N–C) groups is 1. The molecule has 0 saturated heterocycles. The van der Waals surface area contributed by atoms with Crippen molar-refractivity contribution >= 4 is 33.6 Å². The molecule has 4 rings (SSSR count). The molecule has 2 unspecified atom stereocenters. The molecule has 2 aromatic carbocycles.